The maximum Gasteiger partial charge on any atom is 0.257 e. The fraction of sp³-hybridized carbons (Fsp3) is 0.500. The third-order valence-corrected chi connectivity index (χ3v) is 5.76. The van der Waals surface area contributed by atoms with E-state index < -0.39 is 10.0 Å². The molecule has 0 N–H and O–H groups in total. The van der Waals surface area contributed by atoms with Crippen LogP contribution in [0.15, 0.2) is 28.8 Å². The first-order valence-electron chi connectivity index (χ1n) is 7.89. The van der Waals surface area contributed by atoms with Crippen LogP contribution in [0.4, 0.5) is 5.69 Å². The average Bonchev–Trinajstić information content (AvgIpc) is 3.11. The van der Waals surface area contributed by atoms with Crippen LogP contribution in [0.2, 0.25) is 0 Å². The molecule has 1 fully saturated rings. The van der Waals surface area contributed by atoms with Crippen molar-refractivity contribution in [1.82, 2.24) is 10.1 Å². The Morgan fingerprint density at radius 2 is 2.17 bits per heavy atom. The van der Waals surface area contributed by atoms with E-state index in [1.807, 2.05) is 12.1 Å². The van der Waals surface area contributed by atoms with Crippen LogP contribution in [0.5, 0.6) is 0 Å². The minimum atomic E-state index is -3.19. The van der Waals surface area contributed by atoms with Gasteiger partial charge in [0.15, 0.2) is 5.82 Å². The molecule has 0 amide bonds. The van der Waals surface area contributed by atoms with Gasteiger partial charge in [0.05, 0.1) is 11.4 Å². The zero-order valence-electron chi connectivity index (χ0n) is 13.4. The summed E-state index contributed by atoms with van der Waals surface area (Å²) in [5, 5.41) is 4.00. The molecular weight excluding hydrogens is 314 g/mol. The first-order valence-corrected chi connectivity index (χ1v) is 9.50. The quantitative estimate of drug-likeness (QED) is 0.840. The molecule has 0 bridgehead atoms. The molecule has 0 radical (unpaired) electrons. The predicted molar refractivity (Wildman–Crippen MR) is 88.6 cm³/mol. The first-order chi connectivity index (χ1) is 11.0. The molecule has 0 saturated carbocycles. The minimum Gasteiger partial charge on any atom is -0.334 e. The lowest BCUT2D eigenvalue weighted by atomic mass is 10.1. The number of aromatic nitrogens is 2. The molecule has 0 atom stereocenters. The lowest BCUT2D eigenvalue weighted by Crippen LogP contribution is -2.24. The van der Waals surface area contributed by atoms with Gasteiger partial charge >= 0.3 is 0 Å². The summed E-state index contributed by atoms with van der Waals surface area (Å²) in [5.41, 5.74) is 1.40. The van der Waals surface area contributed by atoms with Crippen molar-refractivity contribution in [3.05, 3.63) is 30.1 Å². The van der Waals surface area contributed by atoms with E-state index in [1.54, 1.807) is 12.1 Å². The molecule has 7 heteroatoms. The number of hydrogen-bond acceptors (Lipinski definition) is 5. The molecule has 1 aromatic heterocycles. The Morgan fingerprint density at radius 1 is 1.35 bits per heavy atom. The SMILES string of the molecule is CC(C)CCc1noc(-c2cccc(N3CCCS3(=O)=O)c2)n1. The van der Waals surface area contributed by atoms with Crippen molar-refractivity contribution >= 4 is 15.7 Å². The number of anilines is 1. The zero-order chi connectivity index (χ0) is 16.4. The Labute approximate surface area is 136 Å². The molecule has 1 aliphatic rings. The van der Waals surface area contributed by atoms with Crippen LogP contribution in [0, 0.1) is 5.92 Å². The van der Waals surface area contributed by atoms with Crippen molar-refractivity contribution in [2.75, 3.05) is 16.6 Å². The van der Waals surface area contributed by atoms with E-state index >= 15 is 0 Å². The third-order valence-electron chi connectivity index (χ3n) is 3.89. The normalized spacial score (nSPS) is 17.1. The number of benzene rings is 1. The number of rotatable bonds is 5. The van der Waals surface area contributed by atoms with E-state index in [2.05, 4.69) is 24.0 Å². The molecule has 0 spiro atoms. The van der Waals surface area contributed by atoms with Crippen LogP contribution >= 0.6 is 0 Å². The molecule has 3 rings (SSSR count). The molecular formula is C16H21N3O3S. The van der Waals surface area contributed by atoms with Crippen molar-refractivity contribution in [3.8, 4) is 11.5 Å². The van der Waals surface area contributed by atoms with Gasteiger partial charge in [0, 0.05) is 18.5 Å². The summed E-state index contributed by atoms with van der Waals surface area (Å²) >= 11 is 0. The van der Waals surface area contributed by atoms with E-state index in [1.165, 1.54) is 4.31 Å². The van der Waals surface area contributed by atoms with Crippen LogP contribution in [0.3, 0.4) is 0 Å². The highest BCUT2D eigenvalue weighted by molar-refractivity contribution is 7.93. The van der Waals surface area contributed by atoms with Gasteiger partial charge in [0.25, 0.3) is 5.89 Å². The van der Waals surface area contributed by atoms with E-state index in [-0.39, 0.29) is 5.75 Å². The van der Waals surface area contributed by atoms with Gasteiger partial charge < -0.3 is 4.52 Å². The summed E-state index contributed by atoms with van der Waals surface area (Å²) in [7, 11) is -3.19. The molecule has 6 nitrogen and oxygen atoms in total. The number of nitrogens with zero attached hydrogens (tertiary/aromatic N) is 3. The summed E-state index contributed by atoms with van der Waals surface area (Å²) in [6.07, 6.45) is 2.44. The Hall–Kier alpha value is -1.89. The van der Waals surface area contributed by atoms with E-state index in [9.17, 15) is 8.42 Å². The van der Waals surface area contributed by atoms with Crippen molar-refractivity contribution in [2.24, 2.45) is 5.92 Å². The Morgan fingerprint density at radius 3 is 2.87 bits per heavy atom. The second-order valence-corrected chi connectivity index (χ2v) is 8.25. The van der Waals surface area contributed by atoms with Gasteiger partial charge in [-0.3, -0.25) is 4.31 Å². The molecule has 23 heavy (non-hydrogen) atoms. The fourth-order valence-electron chi connectivity index (χ4n) is 2.61. The standard InChI is InChI=1S/C16H21N3O3S/c1-12(2)7-8-15-17-16(22-18-15)13-5-3-6-14(11-13)19-9-4-10-23(19,20)21/h3,5-6,11-12H,4,7-10H2,1-2H3. The summed E-state index contributed by atoms with van der Waals surface area (Å²) < 4.78 is 30.8. The van der Waals surface area contributed by atoms with Crippen LogP contribution in [-0.4, -0.2) is 30.9 Å². The van der Waals surface area contributed by atoms with Crippen molar-refractivity contribution in [3.63, 3.8) is 0 Å². The van der Waals surface area contributed by atoms with Crippen molar-refractivity contribution < 1.29 is 12.9 Å². The Bertz CT molecular complexity index is 783. The second-order valence-electron chi connectivity index (χ2n) is 6.24. The lowest BCUT2D eigenvalue weighted by molar-refractivity contribution is 0.419. The highest BCUT2D eigenvalue weighted by Crippen LogP contribution is 2.28. The maximum atomic E-state index is 12.0. The Kier molecular flexibility index (Phi) is 4.39. The van der Waals surface area contributed by atoms with Gasteiger partial charge in [0.1, 0.15) is 0 Å². The third kappa shape index (κ3) is 3.55. The zero-order valence-corrected chi connectivity index (χ0v) is 14.2. The van der Waals surface area contributed by atoms with Crippen molar-refractivity contribution in [2.45, 2.75) is 33.1 Å². The van der Waals surface area contributed by atoms with Crippen LogP contribution in [0.25, 0.3) is 11.5 Å². The summed E-state index contributed by atoms with van der Waals surface area (Å²) in [6.45, 7) is 4.83. The van der Waals surface area contributed by atoms with Gasteiger partial charge in [-0.2, -0.15) is 4.98 Å². The molecule has 124 valence electrons. The molecule has 0 unspecified atom stereocenters. The van der Waals surface area contributed by atoms with Crippen LogP contribution in [-0.2, 0) is 16.4 Å². The fourth-order valence-corrected chi connectivity index (χ4v) is 4.17. The molecule has 1 aliphatic heterocycles. The second kappa shape index (κ2) is 6.31. The topological polar surface area (TPSA) is 76.3 Å². The summed E-state index contributed by atoms with van der Waals surface area (Å²) in [5.74, 6) is 1.91. The monoisotopic (exact) mass is 335 g/mol. The first kappa shape index (κ1) is 16.0. The lowest BCUT2D eigenvalue weighted by Gasteiger charge is -2.17. The largest absolute Gasteiger partial charge is 0.334 e. The van der Waals surface area contributed by atoms with Gasteiger partial charge in [0.2, 0.25) is 10.0 Å². The summed E-state index contributed by atoms with van der Waals surface area (Å²) in [4.78, 5) is 4.41. The number of sulfonamides is 1. The Balaban J connectivity index is 1.83. The molecule has 2 heterocycles. The van der Waals surface area contributed by atoms with Gasteiger partial charge in [-0.1, -0.05) is 25.1 Å². The van der Waals surface area contributed by atoms with E-state index in [0.717, 1.165) is 18.4 Å². The van der Waals surface area contributed by atoms with Gasteiger partial charge in [-0.05, 0) is 37.0 Å². The van der Waals surface area contributed by atoms with Crippen molar-refractivity contribution in [1.29, 1.82) is 0 Å². The van der Waals surface area contributed by atoms with E-state index in [0.29, 0.717) is 36.3 Å². The van der Waals surface area contributed by atoms with Crippen LogP contribution < -0.4 is 4.31 Å². The molecule has 1 saturated heterocycles. The summed E-state index contributed by atoms with van der Waals surface area (Å²) in [6, 6.07) is 7.26. The molecule has 1 aromatic carbocycles. The smallest absolute Gasteiger partial charge is 0.257 e. The molecule has 0 aliphatic carbocycles. The molecule has 2 aromatic rings. The highest BCUT2D eigenvalue weighted by atomic mass is 32.2. The van der Waals surface area contributed by atoms with E-state index in [4.69, 9.17) is 4.52 Å². The maximum absolute atomic E-state index is 12.0. The minimum absolute atomic E-state index is 0.205. The van der Waals surface area contributed by atoms with Gasteiger partial charge in [-0.25, -0.2) is 8.42 Å². The average molecular weight is 335 g/mol. The number of hydrogen-bond donors (Lipinski definition) is 0. The predicted octanol–water partition coefficient (Wildman–Crippen LogP) is 2.87. The highest BCUT2D eigenvalue weighted by Gasteiger charge is 2.28. The van der Waals surface area contributed by atoms with Crippen LogP contribution in [0.1, 0.15) is 32.5 Å². The number of aryl methyl sites for hydroxylation is 1. The van der Waals surface area contributed by atoms with Gasteiger partial charge in [-0.15, -0.1) is 0 Å².